The molecule has 3 aromatic heterocycles. The average molecular weight is 273 g/mol. The van der Waals surface area contributed by atoms with E-state index in [1.165, 1.54) is 4.88 Å². The summed E-state index contributed by atoms with van der Waals surface area (Å²) >= 11 is 1.76. The van der Waals surface area contributed by atoms with E-state index in [0.29, 0.717) is 0 Å². The highest BCUT2D eigenvalue weighted by molar-refractivity contribution is 7.10. The lowest BCUT2D eigenvalue weighted by Gasteiger charge is -2.16. The zero-order chi connectivity index (χ0) is 13.2. The van der Waals surface area contributed by atoms with Crippen LogP contribution in [0.5, 0.6) is 0 Å². The Balaban J connectivity index is 1.96. The second-order valence-electron chi connectivity index (χ2n) is 4.35. The predicted octanol–water partition coefficient (Wildman–Crippen LogP) is 2.99. The number of fused-ring (bicyclic) bond motifs is 1. The minimum atomic E-state index is 0.276. The van der Waals surface area contributed by atoms with E-state index in [9.17, 15) is 0 Å². The first-order chi connectivity index (χ1) is 9.29. The zero-order valence-corrected chi connectivity index (χ0v) is 11.7. The molecule has 0 aliphatic heterocycles. The summed E-state index contributed by atoms with van der Waals surface area (Å²) in [5.41, 5.74) is 0.846. The van der Waals surface area contributed by atoms with Crippen LogP contribution < -0.4 is 5.32 Å². The van der Waals surface area contributed by atoms with Gasteiger partial charge in [0.2, 0.25) is 0 Å². The molecule has 98 valence electrons. The maximum absolute atomic E-state index is 4.35. The van der Waals surface area contributed by atoms with Gasteiger partial charge in [0.25, 0.3) is 0 Å². The maximum atomic E-state index is 4.35. The molecular weight excluding hydrogens is 258 g/mol. The molecule has 3 heterocycles. The number of thiophene rings is 1. The molecule has 1 unspecified atom stereocenters. The van der Waals surface area contributed by atoms with Gasteiger partial charge in [-0.3, -0.25) is 4.68 Å². The average Bonchev–Trinajstić information content (AvgIpc) is 3.07. The van der Waals surface area contributed by atoms with Crippen LogP contribution in [-0.2, 0) is 7.05 Å². The van der Waals surface area contributed by atoms with Crippen molar-refractivity contribution in [3.05, 3.63) is 34.9 Å². The number of aryl methyl sites for hydroxylation is 1. The van der Waals surface area contributed by atoms with Gasteiger partial charge in [-0.25, -0.2) is 9.97 Å². The van der Waals surface area contributed by atoms with E-state index < -0.39 is 0 Å². The summed E-state index contributed by atoms with van der Waals surface area (Å²) < 4.78 is 1.76. The molecule has 0 aliphatic carbocycles. The quantitative estimate of drug-likeness (QED) is 0.794. The third-order valence-corrected chi connectivity index (χ3v) is 4.12. The van der Waals surface area contributed by atoms with E-state index in [1.807, 2.05) is 7.05 Å². The lowest BCUT2D eigenvalue weighted by Crippen LogP contribution is -2.09. The van der Waals surface area contributed by atoms with E-state index >= 15 is 0 Å². The van der Waals surface area contributed by atoms with E-state index in [1.54, 1.807) is 28.5 Å². The number of nitrogens with zero attached hydrogens (tertiary/aromatic N) is 4. The highest BCUT2D eigenvalue weighted by atomic mass is 32.1. The van der Waals surface area contributed by atoms with Crippen LogP contribution >= 0.6 is 11.3 Å². The first-order valence-corrected chi connectivity index (χ1v) is 7.10. The van der Waals surface area contributed by atoms with Crippen molar-refractivity contribution in [2.45, 2.75) is 19.4 Å². The fourth-order valence-electron chi connectivity index (χ4n) is 2.11. The van der Waals surface area contributed by atoms with Crippen molar-refractivity contribution in [3.63, 3.8) is 0 Å². The summed E-state index contributed by atoms with van der Waals surface area (Å²) in [5, 5.41) is 10.8. The maximum Gasteiger partial charge on any atom is 0.163 e. The Hall–Kier alpha value is -1.95. The molecule has 6 heteroatoms. The molecule has 0 aromatic carbocycles. The van der Waals surface area contributed by atoms with Crippen molar-refractivity contribution < 1.29 is 0 Å². The Morgan fingerprint density at radius 3 is 3.05 bits per heavy atom. The van der Waals surface area contributed by atoms with Gasteiger partial charge in [-0.15, -0.1) is 11.3 Å². The van der Waals surface area contributed by atoms with Gasteiger partial charge in [0.15, 0.2) is 5.65 Å². The molecule has 0 bridgehead atoms. The van der Waals surface area contributed by atoms with E-state index in [4.69, 9.17) is 0 Å². The van der Waals surface area contributed by atoms with Crippen LogP contribution in [-0.4, -0.2) is 19.7 Å². The van der Waals surface area contributed by atoms with Gasteiger partial charge in [0.1, 0.15) is 12.1 Å². The standard InChI is InChI=1S/C13H15N5S/c1-3-10(11-5-4-6-19-11)17-12-9-7-16-18(2)13(9)15-8-14-12/h4-8,10H,3H2,1-2H3,(H,14,15,17). The molecule has 0 saturated heterocycles. The zero-order valence-electron chi connectivity index (χ0n) is 10.9. The fraction of sp³-hybridized carbons (Fsp3) is 0.308. The van der Waals surface area contributed by atoms with Gasteiger partial charge >= 0.3 is 0 Å². The van der Waals surface area contributed by atoms with Crippen LogP contribution in [0.4, 0.5) is 5.82 Å². The second kappa shape index (κ2) is 4.97. The molecule has 3 rings (SSSR count). The molecule has 5 nitrogen and oxygen atoms in total. The predicted molar refractivity (Wildman–Crippen MR) is 77.3 cm³/mol. The normalized spacial score (nSPS) is 12.7. The number of nitrogens with one attached hydrogen (secondary N) is 1. The van der Waals surface area contributed by atoms with Crippen molar-refractivity contribution in [3.8, 4) is 0 Å². The molecule has 19 heavy (non-hydrogen) atoms. The summed E-state index contributed by atoms with van der Waals surface area (Å²) in [7, 11) is 1.88. The van der Waals surface area contributed by atoms with Crippen LogP contribution in [0.25, 0.3) is 11.0 Å². The van der Waals surface area contributed by atoms with Crippen molar-refractivity contribution in [2.75, 3.05) is 5.32 Å². The summed E-state index contributed by atoms with van der Waals surface area (Å²) in [4.78, 5) is 9.91. The number of anilines is 1. The molecule has 1 N–H and O–H groups in total. The Bertz CT molecular complexity index is 673. The lowest BCUT2D eigenvalue weighted by atomic mass is 10.2. The SMILES string of the molecule is CCC(Nc1ncnc2c1cnn2C)c1cccs1. The summed E-state index contributed by atoms with van der Waals surface area (Å²) in [5.74, 6) is 0.846. The van der Waals surface area contributed by atoms with Crippen LogP contribution in [0.1, 0.15) is 24.3 Å². The van der Waals surface area contributed by atoms with Gasteiger partial charge in [-0.2, -0.15) is 5.10 Å². The van der Waals surface area contributed by atoms with Gasteiger partial charge in [0, 0.05) is 11.9 Å². The highest BCUT2D eigenvalue weighted by Crippen LogP contribution is 2.28. The molecule has 0 aliphatic rings. The number of aromatic nitrogens is 4. The molecule has 0 fully saturated rings. The largest absolute Gasteiger partial charge is 0.362 e. The van der Waals surface area contributed by atoms with Gasteiger partial charge in [-0.1, -0.05) is 13.0 Å². The van der Waals surface area contributed by atoms with Crippen LogP contribution in [0.15, 0.2) is 30.0 Å². The van der Waals surface area contributed by atoms with Crippen LogP contribution in [0, 0.1) is 0 Å². The van der Waals surface area contributed by atoms with Crippen LogP contribution in [0.2, 0.25) is 0 Å². The van der Waals surface area contributed by atoms with Crippen molar-refractivity contribution >= 4 is 28.2 Å². The topological polar surface area (TPSA) is 55.6 Å². The van der Waals surface area contributed by atoms with Crippen molar-refractivity contribution in [1.29, 1.82) is 0 Å². The molecule has 0 saturated carbocycles. The molecule has 0 spiro atoms. The monoisotopic (exact) mass is 273 g/mol. The van der Waals surface area contributed by atoms with Crippen molar-refractivity contribution in [1.82, 2.24) is 19.7 Å². The van der Waals surface area contributed by atoms with Crippen molar-refractivity contribution in [2.24, 2.45) is 7.05 Å². The molecular formula is C13H15N5S. The van der Waals surface area contributed by atoms with Gasteiger partial charge < -0.3 is 5.32 Å². The van der Waals surface area contributed by atoms with E-state index in [2.05, 4.69) is 44.8 Å². The molecule has 3 aromatic rings. The molecule has 0 radical (unpaired) electrons. The molecule has 0 amide bonds. The van der Waals surface area contributed by atoms with Gasteiger partial charge in [-0.05, 0) is 17.9 Å². The number of hydrogen-bond acceptors (Lipinski definition) is 5. The summed E-state index contributed by atoms with van der Waals surface area (Å²) in [6.07, 6.45) is 4.39. The third-order valence-electron chi connectivity index (χ3n) is 3.14. The highest BCUT2D eigenvalue weighted by Gasteiger charge is 2.14. The number of hydrogen-bond donors (Lipinski definition) is 1. The van der Waals surface area contributed by atoms with E-state index in [0.717, 1.165) is 23.3 Å². The summed E-state index contributed by atoms with van der Waals surface area (Å²) in [6, 6.07) is 4.50. The lowest BCUT2D eigenvalue weighted by molar-refractivity contribution is 0.759. The first kappa shape index (κ1) is 12.1. The number of rotatable bonds is 4. The minimum absolute atomic E-state index is 0.276. The first-order valence-electron chi connectivity index (χ1n) is 6.22. The van der Waals surface area contributed by atoms with E-state index in [-0.39, 0.29) is 6.04 Å². The minimum Gasteiger partial charge on any atom is -0.362 e. The Labute approximate surface area is 115 Å². The Morgan fingerprint density at radius 2 is 2.32 bits per heavy atom. The Kier molecular flexibility index (Phi) is 3.16. The van der Waals surface area contributed by atoms with Crippen LogP contribution in [0.3, 0.4) is 0 Å². The fourth-order valence-corrected chi connectivity index (χ4v) is 2.97. The third kappa shape index (κ3) is 2.19. The smallest absolute Gasteiger partial charge is 0.163 e. The Morgan fingerprint density at radius 1 is 1.42 bits per heavy atom. The molecule has 1 atom stereocenters. The van der Waals surface area contributed by atoms with Gasteiger partial charge in [0.05, 0.1) is 17.6 Å². The summed E-state index contributed by atoms with van der Waals surface area (Å²) in [6.45, 7) is 2.17. The second-order valence-corrected chi connectivity index (χ2v) is 5.33.